The summed E-state index contributed by atoms with van der Waals surface area (Å²) in [6, 6.07) is 5.03. The van der Waals surface area contributed by atoms with E-state index in [0.29, 0.717) is 9.89 Å². The minimum Gasteiger partial charge on any atom is -0.335 e. The van der Waals surface area contributed by atoms with E-state index in [0.717, 1.165) is 36.0 Å². The largest absolute Gasteiger partial charge is 0.335 e. The molecular weight excluding hydrogens is 327 g/mol. The van der Waals surface area contributed by atoms with Crippen LogP contribution in [0.15, 0.2) is 27.7 Å². The normalized spacial score (nSPS) is 18.0. The van der Waals surface area contributed by atoms with Crippen LogP contribution < -0.4 is 5.32 Å². The van der Waals surface area contributed by atoms with Crippen molar-refractivity contribution >= 4 is 38.5 Å². The summed E-state index contributed by atoms with van der Waals surface area (Å²) in [5, 5.41) is 4.08. The number of anilines is 1. The Morgan fingerprint density at radius 1 is 1.42 bits per heavy atom. The average molecular weight is 345 g/mol. The molecule has 2 rings (SSSR count). The third kappa shape index (κ3) is 3.51. The van der Waals surface area contributed by atoms with Crippen molar-refractivity contribution in [3.8, 4) is 0 Å². The number of nitrogens with one attached hydrogen (secondary N) is 1. The number of benzene rings is 1. The molecule has 1 heterocycles. The van der Waals surface area contributed by atoms with Gasteiger partial charge in [-0.15, -0.1) is 0 Å². The van der Waals surface area contributed by atoms with Gasteiger partial charge in [-0.1, -0.05) is 25.6 Å². The molecule has 1 aromatic rings. The second-order valence-electron chi connectivity index (χ2n) is 4.87. The maximum Gasteiger partial charge on any atom is 0.161 e. The van der Waals surface area contributed by atoms with Crippen LogP contribution in [0.1, 0.15) is 26.7 Å². The van der Waals surface area contributed by atoms with Crippen LogP contribution in [0.4, 0.5) is 10.1 Å². The number of hydrogen-bond donors (Lipinski definition) is 1. The van der Waals surface area contributed by atoms with Gasteiger partial charge in [0.2, 0.25) is 0 Å². The van der Waals surface area contributed by atoms with Crippen molar-refractivity contribution in [1.29, 1.82) is 0 Å². The lowest BCUT2D eigenvalue weighted by molar-refractivity contribution is 0.318. The first-order valence-corrected chi connectivity index (χ1v) is 8.26. The lowest BCUT2D eigenvalue weighted by atomic mass is 9.84. The summed E-state index contributed by atoms with van der Waals surface area (Å²) >= 11 is 4.88. The second-order valence-corrected chi connectivity index (χ2v) is 6.69. The van der Waals surface area contributed by atoms with Gasteiger partial charge in [-0.05, 0) is 52.4 Å². The Labute approximate surface area is 126 Å². The molecule has 0 saturated heterocycles. The molecule has 19 heavy (non-hydrogen) atoms. The maximum absolute atomic E-state index is 13.4. The lowest BCUT2D eigenvalue weighted by Crippen LogP contribution is -2.32. The zero-order chi connectivity index (χ0) is 13.9. The van der Waals surface area contributed by atoms with E-state index >= 15 is 0 Å². The Bertz CT molecular complexity index is 486. The van der Waals surface area contributed by atoms with Gasteiger partial charge in [0.05, 0.1) is 4.47 Å². The van der Waals surface area contributed by atoms with Gasteiger partial charge in [0, 0.05) is 18.0 Å². The van der Waals surface area contributed by atoms with Gasteiger partial charge in [0.1, 0.15) is 5.82 Å². The number of rotatable bonds is 3. The van der Waals surface area contributed by atoms with Crippen LogP contribution in [0.5, 0.6) is 0 Å². The third-order valence-electron chi connectivity index (χ3n) is 3.74. The SMILES string of the molecule is CCC1(CC)CN=C(Nc2ccc(Br)c(F)c2)SC1. The van der Waals surface area contributed by atoms with Crippen LogP contribution in [0.3, 0.4) is 0 Å². The first-order valence-electron chi connectivity index (χ1n) is 6.48. The van der Waals surface area contributed by atoms with Crippen molar-refractivity contribution in [2.24, 2.45) is 10.4 Å². The molecule has 0 aliphatic carbocycles. The van der Waals surface area contributed by atoms with Crippen molar-refractivity contribution in [3.63, 3.8) is 0 Å². The fourth-order valence-corrected chi connectivity index (χ4v) is 3.54. The monoisotopic (exact) mass is 344 g/mol. The van der Waals surface area contributed by atoms with Crippen LogP contribution in [0.2, 0.25) is 0 Å². The number of amidine groups is 1. The van der Waals surface area contributed by atoms with Crippen molar-refractivity contribution < 1.29 is 4.39 Å². The summed E-state index contributed by atoms with van der Waals surface area (Å²) in [5.74, 6) is 0.813. The minimum atomic E-state index is -0.261. The molecular formula is C14H18BrFN2S. The summed E-state index contributed by atoms with van der Waals surface area (Å²) in [6.07, 6.45) is 2.31. The Morgan fingerprint density at radius 2 is 2.16 bits per heavy atom. The van der Waals surface area contributed by atoms with E-state index in [-0.39, 0.29) is 5.82 Å². The molecule has 0 fully saturated rings. The van der Waals surface area contributed by atoms with Crippen molar-refractivity contribution in [1.82, 2.24) is 0 Å². The Hall–Kier alpha value is -0.550. The Kier molecular flexibility index (Phi) is 4.90. The van der Waals surface area contributed by atoms with Gasteiger partial charge in [-0.2, -0.15) is 0 Å². The highest BCUT2D eigenvalue weighted by atomic mass is 79.9. The molecule has 0 unspecified atom stereocenters. The number of aliphatic imine (C=N–C) groups is 1. The minimum absolute atomic E-state index is 0.261. The fourth-order valence-electron chi connectivity index (χ4n) is 2.00. The molecule has 0 saturated carbocycles. The van der Waals surface area contributed by atoms with Gasteiger partial charge in [0.15, 0.2) is 5.17 Å². The van der Waals surface area contributed by atoms with E-state index in [1.54, 1.807) is 17.8 Å². The highest BCUT2D eigenvalue weighted by molar-refractivity contribution is 9.10. The van der Waals surface area contributed by atoms with Crippen LogP contribution in [0.25, 0.3) is 0 Å². The number of hydrogen-bond acceptors (Lipinski definition) is 3. The summed E-state index contributed by atoms with van der Waals surface area (Å²) in [5.41, 5.74) is 1.08. The topological polar surface area (TPSA) is 24.4 Å². The summed E-state index contributed by atoms with van der Waals surface area (Å²) in [7, 11) is 0. The molecule has 0 aromatic heterocycles. The van der Waals surface area contributed by atoms with Crippen molar-refractivity contribution in [2.45, 2.75) is 26.7 Å². The van der Waals surface area contributed by atoms with Gasteiger partial charge in [0.25, 0.3) is 0 Å². The predicted octanol–water partition coefficient (Wildman–Crippen LogP) is 4.91. The van der Waals surface area contributed by atoms with E-state index < -0.39 is 0 Å². The molecule has 0 atom stereocenters. The quantitative estimate of drug-likeness (QED) is 0.842. The third-order valence-corrected chi connectivity index (χ3v) is 5.65. The van der Waals surface area contributed by atoms with Gasteiger partial charge < -0.3 is 5.32 Å². The summed E-state index contributed by atoms with van der Waals surface area (Å²) in [4.78, 5) is 4.61. The molecule has 2 nitrogen and oxygen atoms in total. The molecule has 0 amide bonds. The van der Waals surface area contributed by atoms with E-state index in [1.165, 1.54) is 6.07 Å². The first kappa shape index (κ1) is 14.9. The van der Waals surface area contributed by atoms with Gasteiger partial charge in [-0.3, -0.25) is 4.99 Å². The highest BCUT2D eigenvalue weighted by Crippen LogP contribution is 2.35. The van der Waals surface area contributed by atoms with Gasteiger partial charge in [-0.25, -0.2) is 4.39 Å². The van der Waals surface area contributed by atoms with E-state index in [9.17, 15) is 4.39 Å². The standard InChI is InChI=1S/C14H18BrFN2S/c1-3-14(4-2)8-17-13(19-9-14)18-10-5-6-11(15)12(16)7-10/h5-7H,3-4,8-9H2,1-2H3,(H,17,18). The van der Waals surface area contributed by atoms with Crippen LogP contribution >= 0.6 is 27.7 Å². The fraction of sp³-hybridized carbons (Fsp3) is 0.500. The number of halogens is 2. The molecule has 1 aliphatic rings. The van der Waals surface area contributed by atoms with E-state index in [2.05, 4.69) is 40.1 Å². The molecule has 0 bridgehead atoms. The molecule has 1 N–H and O–H groups in total. The van der Waals surface area contributed by atoms with Crippen LogP contribution in [-0.4, -0.2) is 17.5 Å². The second kappa shape index (κ2) is 6.27. The van der Waals surface area contributed by atoms with Crippen molar-refractivity contribution in [3.05, 3.63) is 28.5 Å². The summed E-state index contributed by atoms with van der Waals surface area (Å²) < 4.78 is 13.9. The van der Waals surface area contributed by atoms with E-state index in [1.807, 2.05) is 6.07 Å². The Morgan fingerprint density at radius 3 is 2.68 bits per heavy atom. The lowest BCUT2D eigenvalue weighted by Gasteiger charge is -2.33. The molecule has 1 aromatic carbocycles. The smallest absolute Gasteiger partial charge is 0.161 e. The average Bonchev–Trinajstić information content (AvgIpc) is 2.44. The molecule has 5 heteroatoms. The van der Waals surface area contributed by atoms with Crippen molar-refractivity contribution in [2.75, 3.05) is 17.6 Å². The number of nitrogens with zero attached hydrogens (tertiary/aromatic N) is 1. The van der Waals surface area contributed by atoms with Crippen LogP contribution in [-0.2, 0) is 0 Å². The van der Waals surface area contributed by atoms with Crippen LogP contribution in [0, 0.1) is 11.2 Å². The zero-order valence-electron chi connectivity index (χ0n) is 11.2. The Balaban J connectivity index is 2.05. The molecule has 0 radical (unpaired) electrons. The molecule has 104 valence electrons. The number of thioether (sulfide) groups is 1. The highest BCUT2D eigenvalue weighted by Gasteiger charge is 2.30. The van der Waals surface area contributed by atoms with E-state index in [4.69, 9.17) is 0 Å². The summed E-state index contributed by atoms with van der Waals surface area (Å²) in [6.45, 7) is 5.30. The molecule has 1 aliphatic heterocycles. The molecule has 0 spiro atoms. The predicted molar refractivity (Wildman–Crippen MR) is 85.5 cm³/mol. The zero-order valence-corrected chi connectivity index (χ0v) is 13.6. The van der Waals surface area contributed by atoms with Gasteiger partial charge >= 0.3 is 0 Å². The first-order chi connectivity index (χ1) is 9.08. The maximum atomic E-state index is 13.4.